The summed E-state index contributed by atoms with van der Waals surface area (Å²) in [5.41, 5.74) is 10.2. The lowest BCUT2D eigenvalue weighted by atomic mass is 10.1. The van der Waals surface area contributed by atoms with E-state index in [1.807, 2.05) is 76.1 Å². The number of hydrogen-bond donors (Lipinski definition) is 1. The average Bonchev–Trinajstić information content (AvgIpc) is 3.63. The van der Waals surface area contributed by atoms with Crippen LogP contribution in [0.5, 0.6) is 23.0 Å². The first-order chi connectivity index (χ1) is 23.4. The summed E-state index contributed by atoms with van der Waals surface area (Å²) in [6.45, 7) is 10.6. The number of hydrogen-bond acceptors (Lipinski definition) is 7. The van der Waals surface area contributed by atoms with Gasteiger partial charge in [0.1, 0.15) is 23.0 Å². The fraction of sp³-hybridized carbons (Fsp3) is 0.368. The maximum Gasteiger partial charge on any atom is 0.243 e. The Morgan fingerprint density at radius 2 is 1.33 bits per heavy atom. The quantitative estimate of drug-likeness (QED) is 0.130. The van der Waals surface area contributed by atoms with Crippen LogP contribution in [0.25, 0.3) is 0 Å². The molecule has 11 heteroatoms. The van der Waals surface area contributed by atoms with Gasteiger partial charge in [0, 0.05) is 62.0 Å². The second-order valence-electron chi connectivity index (χ2n) is 12.6. The van der Waals surface area contributed by atoms with Crippen LogP contribution in [0.3, 0.4) is 0 Å². The lowest BCUT2D eigenvalue weighted by Crippen LogP contribution is -2.35. The van der Waals surface area contributed by atoms with E-state index in [4.69, 9.17) is 37.4 Å². The zero-order chi connectivity index (χ0) is 35.3. The topological polar surface area (TPSA) is 80.3 Å². The van der Waals surface area contributed by atoms with Crippen LogP contribution in [0, 0.1) is 27.7 Å². The number of benzene rings is 4. The summed E-state index contributed by atoms with van der Waals surface area (Å²) in [6, 6.07) is 18.7. The first-order valence-corrected chi connectivity index (χ1v) is 18.6. The van der Waals surface area contributed by atoms with Gasteiger partial charge in [0.05, 0.1) is 11.5 Å². The molecule has 1 aliphatic heterocycles. The highest BCUT2D eigenvalue weighted by Gasteiger charge is 2.28. The molecule has 0 unspecified atom stereocenters. The lowest BCUT2D eigenvalue weighted by molar-refractivity contribution is 0.184. The van der Waals surface area contributed by atoms with Crippen molar-refractivity contribution in [2.45, 2.75) is 65.0 Å². The van der Waals surface area contributed by atoms with Crippen molar-refractivity contribution in [3.05, 3.63) is 110 Å². The second kappa shape index (κ2) is 16.2. The van der Waals surface area contributed by atoms with Crippen molar-refractivity contribution >= 4 is 33.2 Å². The molecule has 0 radical (unpaired) electrons. The van der Waals surface area contributed by atoms with Crippen molar-refractivity contribution < 1.29 is 22.6 Å². The molecule has 0 atom stereocenters. The van der Waals surface area contributed by atoms with Crippen molar-refractivity contribution in [2.24, 2.45) is 0 Å². The van der Waals surface area contributed by atoms with Crippen LogP contribution in [0.15, 0.2) is 65.6 Å². The second-order valence-corrected chi connectivity index (χ2v) is 15.3. The van der Waals surface area contributed by atoms with Gasteiger partial charge >= 0.3 is 0 Å². The van der Waals surface area contributed by atoms with Crippen LogP contribution in [0.1, 0.15) is 51.8 Å². The Kier molecular flexibility index (Phi) is 12.3. The van der Waals surface area contributed by atoms with Crippen LogP contribution in [-0.4, -0.2) is 51.5 Å². The molecule has 4 aromatic rings. The number of ether oxygens (including phenoxy) is 3. The molecule has 0 saturated carbocycles. The third-order valence-electron chi connectivity index (χ3n) is 9.15. The minimum atomic E-state index is -3.62. The zero-order valence-electron chi connectivity index (χ0n) is 29.0. The Balaban J connectivity index is 1.33. The number of methoxy groups -OCH3 is 1. The summed E-state index contributed by atoms with van der Waals surface area (Å²) >= 11 is 12.7. The summed E-state index contributed by atoms with van der Waals surface area (Å²) in [4.78, 5) is 0.233. The molecule has 262 valence electrons. The van der Waals surface area contributed by atoms with Crippen molar-refractivity contribution in [3.63, 3.8) is 0 Å². The van der Waals surface area contributed by atoms with Gasteiger partial charge in [0.2, 0.25) is 10.0 Å². The Morgan fingerprint density at radius 3 is 1.92 bits per heavy atom. The third-order valence-corrected chi connectivity index (χ3v) is 11.9. The summed E-state index contributed by atoms with van der Waals surface area (Å²) in [5.74, 6) is 2.64. The number of sulfonamides is 1. The first kappa shape index (κ1) is 37.1. The Morgan fingerprint density at radius 1 is 0.755 bits per heavy atom. The van der Waals surface area contributed by atoms with Gasteiger partial charge < -0.3 is 14.2 Å². The molecule has 0 aliphatic carbocycles. The van der Waals surface area contributed by atoms with E-state index in [1.54, 1.807) is 29.6 Å². The van der Waals surface area contributed by atoms with E-state index in [0.717, 1.165) is 63.3 Å². The molecule has 1 saturated heterocycles. The molecular formula is C38H45Cl2N3O5S. The lowest BCUT2D eigenvalue weighted by Gasteiger charge is -2.22. The number of nitrogens with one attached hydrogen (secondary N) is 1. The largest absolute Gasteiger partial charge is 0.457 e. The molecule has 1 N–H and O–H groups in total. The normalized spacial score (nSPS) is 13.7. The van der Waals surface area contributed by atoms with Gasteiger partial charge in [-0.25, -0.2) is 13.4 Å². The van der Waals surface area contributed by atoms with E-state index in [1.165, 1.54) is 0 Å². The van der Waals surface area contributed by atoms with Crippen molar-refractivity contribution in [3.8, 4) is 23.0 Å². The van der Waals surface area contributed by atoms with Gasteiger partial charge in [-0.3, -0.25) is 5.43 Å². The van der Waals surface area contributed by atoms with Crippen molar-refractivity contribution in [2.75, 3.05) is 33.8 Å². The minimum Gasteiger partial charge on any atom is -0.457 e. The molecule has 0 amide bonds. The molecular weight excluding hydrogens is 681 g/mol. The van der Waals surface area contributed by atoms with Gasteiger partial charge in [0.25, 0.3) is 0 Å². The fourth-order valence-corrected chi connectivity index (χ4v) is 7.77. The molecule has 8 nitrogen and oxygen atoms in total. The number of rotatable bonds is 14. The van der Waals surface area contributed by atoms with Crippen LogP contribution in [0.2, 0.25) is 10.0 Å². The smallest absolute Gasteiger partial charge is 0.243 e. The minimum absolute atomic E-state index is 0.233. The number of hydrazine groups is 1. The van der Waals surface area contributed by atoms with Gasteiger partial charge in [-0.2, -0.15) is 4.31 Å². The predicted octanol–water partition coefficient (Wildman–Crippen LogP) is 8.92. The zero-order valence-corrected chi connectivity index (χ0v) is 31.4. The van der Waals surface area contributed by atoms with E-state index in [0.29, 0.717) is 60.8 Å². The summed E-state index contributed by atoms with van der Waals surface area (Å²) in [5, 5.41) is 3.37. The fourth-order valence-electron chi connectivity index (χ4n) is 5.83. The summed E-state index contributed by atoms with van der Waals surface area (Å²) in [6.07, 6.45) is 2.33. The molecule has 49 heavy (non-hydrogen) atoms. The van der Waals surface area contributed by atoms with Crippen LogP contribution in [0.4, 0.5) is 0 Å². The van der Waals surface area contributed by atoms with E-state index < -0.39 is 10.0 Å². The molecule has 0 aromatic heterocycles. The molecule has 0 spiro atoms. The molecule has 5 rings (SSSR count). The molecule has 0 bridgehead atoms. The molecule has 1 aliphatic rings. The molecule has 1 heterocycles. The maximum absolute atomic E-state index is 13.5. The van der Waals surface area contributed by atoms with Gasteiger partial charge in [-0.05, 0) is 117 Å². The molecule has 1 fully saturated rings. The molecule has 4 aromatic carbocycles. The monoisotopic (exact) mass is 725 g/mol. The van der Waals surface area contributed by atoms with Gasteiger partial charge in [-0.15, -0.1) is 0 Å². The van der Waals surface area contributed by atoms with Crippen LogP contribution in [-0.2, 0) is 34.3 Å². The third kappa shape index (κ3) is 8.78. The van der Waals surface area contributed by atoms with Gasteiger partial charge in [-0.1, -0.05) is 41.4 Å². The first-order valence-electron chi connectivity index (χ1n) is 16.4. The maximum atomic E-state index is 13.5. The van der Waals surface area contributed by atoms with E-state index >= 15 is 0 Å². The highest BCUT2D eigenvalue weighted by Crippen LogP contribution is 2.36. The highest BCUT2D eigenvalue weighted by atomic mass is 35.5. The Bertz CT molecular complexity index is 1910. The summed E-state index contributed by atoms with van der Waals surface area (Å²) < 4.78 is 46.7. The highest BCUT2D eigenvalue weighted by molar-refractivity contribution is 7.89. The summed E-state index contributed by atoms with van der Waals surface area (Å²) in [7, 11) is 0.0306. The van der Waals surface area contributed by atoms with Crippen LogP contribution < -0.4 is 14.9 Å². The average molecular weight is 727 g/mol. The van der Waals surface area contributed by atoms with Gasteiger partial charge in [0.15, 0.2) is 0 Å². The van der Waals surface area contributed by atoms with E-state index in [9.17, 15) is 8.42 Å². The van der Waals surface area contributed by atoms with E-state index in [2.05, 4.69) is 11.5 Å². The predicted molar refractivity (Wildman–Crippen MR) is 197 cm³/mol. The number of halogens is 2. The Labute approximate surface area is 300 Å². The van der Waals surface area contributed by atoms with Crippen LogP contribution >= 0.6 is 23.2 Å². The Hall–Kier alpha value is -3.15. The number of nitrogens with zero attached hydrogens (tertiary/aromatic N) is 2. The SMILES string of the molecule is COCc1ccc(CN(C)NCCc2ccc(S(=O)(=O)N3CCCC3)cc2Oc2ccc(Cl)c(C)c2C)c(Oc2ccc(Cl)c(C)c2C)c1. The van der Waals surface area contributed by atoms with Crippen molar-refractivity contribution in [1.82, 2.24) is 14.7 Å². The standard InChI is InChI=1S/C38H45Cl2N3O5S/c1-25-27(3)35(15-13-33(25)39)47-37-21-29(24-46-6)9-10-31(37)23-42(5)41-18-17-30-11-12-32(49(44,45)43-19-7-8-20-43)22-38(30)48-36-16-14-34(40)26(2)28(36)4/h9-16,21-22,41H,7-8,17-20,23-24H2,1-6H3. The van der Waals surface area contributed by atoms with Crippen molar-refractivity contribution in [1.29, 1.82) is 0 Å². The van der Waals surface area contributed by atoms with E-state index in [-0.39, 0.29) is 4.90 Å².